The van der Waals surface area contributed by atoms with Crippen LogP contribution in [0.15, 0.2) is 61.2 Å². The van der Waals surface area contributed by atoms with Gasteiger partial charge in [0.2, 0.25) is 11.2 Å². The van der Waals surface area contributed by atoms with Gasteiger partial charge in [-0.15, -0.1) is 6.58 Å². The molecule has 0 radical (unpaired) electrons. The van der Waals surface area contributed by atoms with Gasteiger partial charge in [-0.05, 0) is 43.0 Å². The zero-order valence-corrected chi connectivity index (χ0v) is 13.3. The quantitative estimate of drug-likeness (QED) is 0.382. The van der Waals surface area contributed by atoms with E-state index in [0.29, 0.717) is 17.9 Å². The third-order valence-electron chi connectivity index (χ3n) is 4.67. The predicted molar refractivity (Wildman–Crippen MR) is 94.2 cm³/mol. The van der Waals surface area contributed by atoms with E-state index < -0.39 is 0 Å². The minimum absolute atomic E-state index is 0.259. The highest BCUT2D eigenvalue weighted by molar-refractivity contribution is 5.95. The first-order valence-corrected chi connectivity index (χ1v) is 8.24. The second-order valence-electron chi connectivity index (χ2n) is 6.32. The van der Waals surface area contributed by atoms with Gasteiger partial charge in [0, 0.05) is 23.1 Å². The number of hydrogen-bond acceptors (Lipinski definition) is 1. The fraction of sp³-hybridized carbons (Fsp3) is 0.190. The van der Waals surface area contributed by atoms with E-state index in [1.54, 1.807) is 12.1 Å². The zero-order valence-electron chi connectivity index (χ0n) is 13.3. The Kier molecular flexibility index (Phi) is 3.57. The molecule has 2 aromatic carbocycles. The standard InChI is InChI=1S/C21H18FNO/c1-2-5-18-20(14-10-12-16(22)13-11-14)17-6-3-4-7-19(17)23(24)21(18)15-8-9-15/h2-4,6-7,10-13,15H,1,5,8-9H2. The molecular weight excluding hydrogens is 301 g/mol. The molecule has 0 aliphatic heterocycles. The maximum absolute atomic E-state index is 13.4. The lowest BCUT2D eigenvalue weighted by Gasteiger charge is -2.17. The number of allylic oxidation sites excluding steroid dienone is 1. The normalized spacial score (nSPS) is 14.0. The third-order valence-corrected chi connectivity index (χ3v) is 4.67. The van der Waals surface area contributed by atoms with Crippen molar-refractivity contribution < 1.29 is 9.12 Å². The molecule has 1 aromatic heterocycles. The maximum Gasteiger partial charge on any atom is 0.224 e. The topological polar surface area (TPSA) is 26.9 Å². The molecule has 0 saturated heterocycles. The molecule has 0 unspecified atom stereocenters. The number of benzene rings is 2. The number of rotatable bonds is 4. The molecule has 2 nitrogen and oxygen atoms in total. The minimum atomic E-state index is -0.259. The number of nitrogens with zero attached hydrogens (tertiary/aromatic N) is 1. The van der Waals surface area contributed by atoms with Crippen LogP contribution in [0.1, 0.15) is 30.0 Å². The van der Waals surface area contributed by atoms with Crippen LogP contribution in [0.5, 0.6) is 0 Å². The summed E-state index contributed by atoms with van der Waals surface area (Å²) in [4.78, 5) is 0. The Morgan fingerprint density at radius 1 is 1.12 bits per heavy atom. The summed E-state index contributed by atoms with van der Waals surface area (Å²) in [7, 11) is 0. The summed E-state index contributed by atoms with van der Waals surface area (Å²) < 4.78 is 14.5. The summed E-state index contributed by atoms with van der Waals surface area (Å²) in [6.07, 6.45) is 4.57. The molecule has 0 N–H and O–H groups in total. The van der Waals surface area contributed by atoms with Crippen molar-refractivity contribution in [3.8, 4) is 11.1 Å². The van der Waals surface area contributed by atoms with Crippen LogP contribution >= 0.6 is 0 Å². The average molecular weight is 319 g/mol. The zero-order chi connectivity index (χ0) is 16.7. The van der Waals surface area contributed by atoms with Crippen molar-refractivity contribution in [1.29, 1.82) is 0 Å². The highest BCUT2D eigenvalue weighted by atomic mass is 19.1. The number of para-hydroxylation sites is 1. The van der Waals surface area contributed by atoms with E-state index in [1.165, 1.54) is 12.1 Å². The summed E-state index contributed by atoms with van der Waals surface area (Å²) in [6, 6.07) is 14.2. The number of pyridine rings is 1. The average Bonchev–Trinajstić information content (AvgIpc) is 3.42. The number of aromatic nitrogens is 1. The first-order chi connectivity index (χ1) is 11.7. The lowest BCUT2D eigenvalue weighted by molar-refractivity contribution is -0.586. The summed E-state index contributed by atoms with van der Waals surface area (Å²) in [5.74, 6) is 0.0619. The number of halogens is 1. The van der Waals surface area contributed by atoms with E-state index in [-0.39, 0.29) is 5.82 Å². The number of hydrogen-bond donors (Lipinski definition) is 0. The lowest BCUT2D eigenvalue weighted by atomic mass is 9.91. The molecule has 1 saturated carbocycles. The van der Waals surface area contributed by atoms with Gasteiger partial charge in [-0.25, -0.2) is 4.39 Å². The van der Waals surface area contributed by atoms with Gasteiger partial charge in [0.25, 0.3) is 0 Å². The molecule has 24 heavy (non-hydrogen) atoms. The fourth-order valence-corrected chi connectivity index (χ4v) is 3.47. The Hall–Kier alpha value is -2.68. The van der Waals surface area contributed by atoms with E-state index in [2.05, 4.69) is 6.58 Å². The van der Waals surface area contributed by atoms with Crippen molar-refractivity contribution in [2.45, 2.75) is 25.2 Å². The summed E-state index contributed by atoms with van der Waals surface area (Å²) in [5.41, 5.74) is 4.51. The molecule has 120 valence electrons. The molecular formula is C21H18FNO. The maximum atomic E-state index is 13.4. The van der Waals surface area contributed by atoms with E-state index in [0.717, 1.165) is 45.3 Å². The Morgan fingerprint density at radius 3 is 2.50 bits per heavy atom. The van der Waals surface area contributed by atoms with Crippen molar-refractivity contribution in [3.05, 3.63) is 83.5 Å². The van der Waals surface area contributed by atoms with E-state index >= 15 is 0 Å². The molecule has 1 aliphatic rings. The van der Waals surface area contributed by atoms with Crippen molar-refractivity contribution in [1.82, 2.24) is 0 Å². The SMILES string of the molecule is C=CCc1c(-c2ccc(F)cc2)c2ccccc2[n+]([O-])c1C1CC1. The minimum Gasteiger partial charge on any atom is -0.618 e. The number of fused-ring (bicyclic) bond motifs is 1. The van der Waals surface area contributed by atoms with Crippen molar-refractivity contribution in [3.63, 3.8) is 0 Å². The highest BCUT2D eigenvalue weighted by Gasteiger charge is 2.36. The van der Waals surface area contributed by atoms with Crippen molar-refractivity contribution in [2.75, 3.05) is 0 Å². The Labute approximate surface area is 140 Å². The van der Waals surface area contributed by atoms with Crippen LogP contribution in [-0.4, -0.2) is 0 Å². The molecule has 0 atom stereocenters. The summed E-state index contributed by atoms with van der Waals surface area (Å²) in [5, 5.41) is 13.9. The molecule has 1 aliphatic carbocycles. The molecule has 4 rings (SSSR count). The molecule has 3 aromatic rings. The fourth-order valence-electron chi connectivity index (χ4n) is 3.47. The van der Waals surface area contributed by atoms with Crippen LogP contribution in [0.3, 0.4) is 0 Å². The summed E-state index contributed by atoms with van der Waals surface area (Å²) in [6.45, 7) is 3.86. The van der Waals surface area contributed by atoms with Crippen LogP contribution in [-0.2, 0) is 6.42 Å². The van der Waals surface area contributed by atoms with Crippen LogP contribution in [0.4, 0.5) is 4.39 Å². The monoisotopic (exact) mass is 319 g/mol. The molecule has 3 heteroatoms. The molecule has 0 spiro atoms. The second kappa shape index (κ2) is 5.75. The van der Waals surface area contributed by atoms with E-state index in [1.807, 2.05) is 30.3 Å². The van der Waals surface area contributed by atoms with Gasteiger partial charge in [-0.1, -0.05) is 30.3 Å². The van der Waals surface area contributed by atoms with Gasteiger partial charge in [0.15, 0.2) is 0 Å². The summed E-state index contributed by atoms with van der Waals surface area (Å²) >= 11 is 0. The Bertz CT molecular complexity index is 927. The first kappa shape index (κ1) is 14.9. The predicted octanol–water partition coefficient (Wildman–Crippen LogP) is 4.89. The van der Waals surface area contributed by atoms with Crippen molar-refractivity contribution in [2.24, 2.45) is 0 Å². The van der Waals surface area contributed by atoms with Gasteiger partial charge in [-0.2, -0.15) is 4.73 Å². The van der Waals surface area contributed by atoms with Crippen LogP contribution in [0, 0.1) is 11.0 Å². The lowest BCUT2D eigenvalue weighted by Crippen LogP contribution is -2.34. The first-order valence-electron chi connectivity index (χ1n) is 8.24. The molecule has 0 bridgehead atoms. The molecule has 0 amide bonds. The third kappa shape index (κ3) is 2.37. The van der Waals surface area contributed by atoms with E-state index in [4.69, 9.17) is 0 Å². The van der Waals surface area contributed by atoms with Crippen LogP contribution in [0.25, 0.3) is 22.0 Å². The Balaban J connectivity index is 2.12. The van der Waals surface area contributed by atoms with Gasteiger partial charge in [-0.3, -0.25) is 0 Å². The van der Waals surface area contributed by atoms with Crippen molar-refractivity contribution >= 4 is 10.9 Å². The molecule has 1 fully saturated rings. The Morgan fingerprint density at radius 2 is 1.83 bits per heavy atom. The second-order valence-corrected chi connectivity index (χ2v) is 6.32. The van der Waals surface area contributed by atoms with E-state index in [9.17, 15) is 9.60 Å². The highest BCUT2D eigenvalue weighted by Crippen LogP contribution is 2.44. The molecule has 1 heterocycles. The van der Waals surface area contributed by atoms with Gasteiger partial charge in [0.05, 0.1) is 5.39 Å². The van der Waals surface area contributed by atoms with Gasteiger partial charge in [0.1, 0.15) is 5.82 Å². The van der Waals surface area contributed by atoms with Crippen LogP contribution in [0.2, 0.25) is 0 Å². The largest absolute Gasteiger partial charge is 0.618 e. The van der Waals surface area contributed by atoms with Gasteiger partial charge >= 0.3 is 0 Å². The van der Waals surface area contributed by atoms with Crippen LogP contribution < -0.4 is 4.73 Å². The smallest absolute Gasteiger partial charge is 0.224 e. The van der Waals surface area contributed by atoms with Gasteiger partial charge < -0.3 is 5.21 Å².